The molecule has 1 aromatic heterocycles. The van der Waals surface area contributed by atoms with Crippen molar-refractivity contribution in [3.63, 3.8) is 0 Å². The van der Waals surface area contributed by atoms with E-state index in [0.717, 1.165) is 29.3 Å². The van der Waals surface area contributed by atoms with E-state index in [-0.39, 0.29) is 11.8 Å². The number of amides is 1. The predicted molar refractivity (Wildman–Crippen MR) is 83.6 cm³/mol. The highest BCUT2D eigenvalue weighted by Crippen LogP contribution is 2.33. The van der Waals surface area contributed by atoms with Crippen molar-refractivity contribution in [1.82, 2.24) is 9.78 Å². The second-order valence-electron chi connectivity index (χ2n) is 5.59. The molecular weight excluding hydrogens is 264 g/mol. The fourth-order valence-corrected chi connectivity index (χ4v) is 2.91. The van der Waals surface area contributed by atoms with Gasteiger partial charge in [-0.2, -0.15) is 5.10 Å². The van der Waals surface area contributed by atoms with E-state index in [9.17, 15) is 4.79 Å². The van der Waals surface area contributed by atoms with Crippen molar-refractivity contribution in [3.8, 4) is 0 Å². The summed E-state index contributed by atoms with van der Waals surface area (Å²) in [5.41, 5.74) is 5.04. The molecule has 0 spiro atoms. The number of rotatable bonds is 3. The van der Waals surface area contributed by atoms with E-state index in [1.807, 2.05) is 33.0 Å². The Bertz CT molecular complexity index is 690. The Labute approximate surface area is 124 Å². The van der Waals surface area contributed by atoms with E-state index >= 15 is 0 Å². The standard InChI is InChI=1S/C16H20N4O/c1-10-16(11(2)20(3)19-10)18-15(21)8-12-9-17-14-7-5-4-6-13(12)14/h4-7,12,17H,8-9H2,1-3H3,(H,18,21). The summed E-state index contributed by atoms with van der Waals surface area (Å²) in [6, 6.07) is 8.18. The molecule has 2 heterocycles. The molecular formula is C16H20N4O. The van der Waals surface area contributed by atoms with Gasteiger partial charge in [-0.3, -0.25) is 9.48 Å². The Balaban J connectivity index is 1.71. The Morgan fingerprint density at radius 1 is 1.43 bits per heavy atom. The smallest absolute Gasteiger partial charge is 0.225 e. The monoisotopic (exact) mass is 284 g/mol. The highest BCUT2D eigenvalue weighted by molar-refractivity contribution is 5.92. The Hall–Kier alpha value is -2.30. The lowest BCUT2D eigenvalue weighted by atomic mass is 9.97. The van der Waals surface area contributed by atoms with Gasteiger partial charge in [0.05, 0.1) is 17.1 Å². The molecule has 0 fully saturated rings. The molecule has 110 valence electrons. The van der Waals surface area contributed by atoms with Crippen LogP contribution in [-0.2, 0) is 11.8 Å². The molecule has 1 amide bonds. The molecule has 5 heteroatoms. The highest BCUT2D eigenvalue weighted by atomic mass is 16.1. The first-order valence-corrected chi connectivity index (χ1v) is 7.19. The summed E-state index contributed by atoms with van der Waals surface area (Å²) >= 11 is 0. The van der Waals surface area contributed by atoms with E-state index in [0.29, 0.717) is 6.42 Å². The van der Waals surface area contributed by atoms with Crippen LogP contribution in [0.4, 0.5) is 11.4 Å². The van der Waals surface area contributed by atoms with Gasteiger partial charge in [0.15, 0.2) is 0 Å². The van der Waals surface area contributed by atoms with Crippen LogP contribution >= 0.6 is 0 Å². The molecule has 1 aliphatic heterocycles. The van der Waals surface area contributed by atoms with Gasteiger partial charge in [-0.1, -0.05) is 18.2 Å². The Morgan fingerprint density at radius 2 is 2.19 bits per heavy atom. The van der Waals surface area contributed by atoms with Crippen LogP contribution in [0, 0.1) is 13.8 Å². The van der Waals surface area contributed by atoms with Crippen molar-refractivity contribution in [2.75, 3.05) is 17.2 Å². The fourth-order valence-electron chi connectivity index (χ4n) is 2.91. The lowest BCUT2D eigenvalue weighted by Gasteiger charge is -2.11. The van der Waals surface area contributed by atoms with E-state index in [1.165, 1.54) is 5.56 Å². The normalized spacial score (nSPS) is 16.4. The summed E-state index contributed by atoms with van der Waals surface area (Å²) in [4.78, 5) is 12.3. The number of carbonyl (C=O) groups is 1. The number of anilines is 2. The van der Waals surface area contributed by atoms with Gasteiger partial charge in [0.2, 0.25) is 5.91 Å². The third kappa shape index (κ3) is 2.51. The number of nitrogens with zero attached hydrogens (tertiary/aromatic N) is 2. The Morgan fingerprint density at radius 3 is 2.90 bits per heavy atom. The molecule has 21 heavy (non-hydrogen) atoms. The van der Waals surface area contributed by atoms with Gasteiger partial charge < -0.3 is 10.6 Å². The van der Waals surface area contributed by atoms with E-state index in [1.54, 1.807) is 4.68 Å². The van der Waals surface area contributed by atoms with Gasteiger partial charge in [0.25, 0.3) is 0 Å². The van der Waals surface area contributed by atoms with Gasteiger partial charge in [-0.15, -0.1) is 0 Å². The van der Waals surface area contributed by atoms with Crippen LogP contribution < -0.4 is 10.6 Å². The summed E-state index contributed by atoms with van der Waals surface area (Å²) in [5, 5.41) is 10.7. The van der Waals surface area contributed by atoms with Gasteiger partial charge in [0.1, 0.15) is 0 Å². The first kappa shape index (κ1) is 13.7. The predicted octanol–water partition coefficient (Wildman–Crippen LogP) is 2.57. The van der Waals surface area contributed by atoms with Crippen LogP contribution in [0.15, 0.2) is 24.3 Å². The minimum absolute atomic E-state index is 0.0395. The second-order valence-corrected chi connectivity index (χ2v) is 5.59. The summed E-state index contributed by atoms with van der Waals surface area (Å²) in [7, 11) is 1.88. The number of fused-ring (bicyclic) bond motifs is 1. The molecule has 1 atom stereocenters. The van der Waals surface area contributed by atoms with Crippen LogP contribution in [-0.4, -0.2) is 22.2 Å². The maximum absolute atomic E-state index is 12.3. The van der Waals surface area contributed by atoms with E-state index in [4.69, 9.17) is 0 Å². The average molecular weight is 284 g/mol. The number of carbonyl (C=O) groups excluding carboxylic acids is 1. The number of aromatic nitrogens is 2. The highest BCUT2D eigenvalue weighted by Gasteiger charge is 2.24. The topological polar surface area (TPSA) is 59.0 Å². The Kier molecular flexibility index (Phi) is 3.41. The second kappa shape index (κ2) is 5.24. The molecule has 2 aromatic rings. The maximum Gasteiger partial charge on any atom is 0.225 e. The first-order valence-electron chi connectivity index (χ1n) is 7.19. The number of benzene rings is 1. The number of para-hydroxylation sites is 1. The van der Waals surface area contributed by atoms with Crippen LogP contribution in [0.1, 0.15) is 29.3 Å². The van der Waals surface area contributed by atoms with Gasteiger partial charge in [0, 0.05) is 31.6 Å². The number of aryl methyl sites for hydroxylation is 2. The van der Waals surface area contributed by atoms with E-state index < -0.39 is 0 Å². The molecule has 3 rings (SSSR count). The molecule has 5 nitrogen and oxygen atoms in total. The van der Waals surface area contributed by atoms with Crippen molar-refractivity contribution < 1.29 is 4.79 Å². The number of hydrogen-bond donors (Lipinski definition) is 2. The molecule has 0 radical (unpaired) electrons. The van der Waals surface area contributed by atoms with Crippen molar-refractivity contribution in [2.24, 2.45) is 7.05 Å². The quantitative estimate of drug-likeness (QED) is 0.910. The SMILES string of the molecule is Cc1nn(C)c(C)c1NC(=O)CC1CNc2ccccc21. The van der Waals surface area contributed by atoms with Crippen LogP contribution in [0.2, 0.25) is 0 Å². The zero-order valence-corrected chi connectivity index (χ0v) is 12.6. The van der Waals surface area contributed by atoms with Gasteiger partial charge in [-0.05, 0) is 25.5 Å². The van der Waals surface area contributed by atoms with Crippen LogP contribution in [0.25, 0.3) is 0 Å². The molecule has 1 aromatic carbocycles. The zero-order chi connectivity index (χ0) is 15.0. The van der Waals surface area contributed by atoms with Gasteiger partial charge >= 0.3 is 0 Å². The first-order chi connectivity index (χ1) is 10.1. The number of hydrogen-bond acceptors (Lipinski definition) is 3. The molecule has 0 aliphatic carbocycles. The molecule has 0 saturated heterocycles. The third-order valence-electron chi connectivity index (χ3n) is 4.14. The minimum Gasteiger partial charge on any atom is -0.384 e. The van der Waals surface area contributed by atoms with Crippen molar-refractivity contribution in [1.29, 1.82) is 0 Å². The molecule has 1 unspecified atom stereocenters. The van der Waals surface area contributed by atoms with E-state index in [2.05, 4.69) is 27.9 Å². The lowest BCUT2D eigenvalue weighted by molar-refractivity contribution is -0.116. The fraction of sp³-hybridized carbons (Fsp3) is 0.375. The van der Waals surface area contributed by atoms with Crippen molar-refractivity contribution in [3.05, 3.63) is 41.2 Å². The van der Waals surface area contributed by atoms with Gasteiger partial charge in [-0.25, -0.2) is 0 Å². The average Bonchev–Trinajstić information content (AvgIpc) is 2.96. The molecule has 1 aliphatic rings. The lowest BCUT2D eigenvalue weighted by Crippen LogP contribution is -2.17. The summed E-state index contributed by atoms with van der Waals surface area (Å²) in [6.45, 7) is 4.69. The summed E-state index contributed by atoms with van der Waals surface area (Å²) in [6.07, 6.45) is 0.484. The third-order valence-corrected chi connectivity index (χ3v) is 4.14. The molecule has 2 N–H and O–H groups in total. The van der Waals surface area contributed by atoms with Crippen LogP contribution in [0.5, 0.6) is 0 Å². The van der Waals surface area contributed by atoms with Crippen LogP contribution in [0.3, 0.4) is 0 Å². The van der Waals surface area contributed by atoms with Crippen molar-refractivity contribution >= 4 is 17.3 Å². The summed E-state index contributed by atoms with van der Waals surface area (Å²) in [5.74, 6) is 0.274. The van der Waals surface area contributed by atoms with Crippen molar-refractivity contribution in [2.45, 2.75) is 26.2 Å². The molecule has 0 bridgehead atoms. The molecule has 0 saturated carbocycles. The maximum atomic E-state index is 12.3. The largest absolute Gasteiger partial charge is 0.384 e. The number of nitrogens with one attached hydrogen (secondary N) is 2. The minimum atomic E-state index is 0.0395. The zero-order valence-electron chi connectivity index (χ0n) is 12.6. The summed E-state index contributed by atoms with van der Waals surface area (Å²) < 4.78 is 1.79.